The van der Waals surface area contributed by atoms with Crippen LogP contribution in [0.15, 0.2) is 39.9 Å². The topological polar surface area (TPSA) is 54.9 Å². The highest BCUT2D eigenvalue weighted by molar-refractivity contribution is 9.10. The van der Waals surface area contributed by atoms with E-state index in [2.05, 4.69) is 31.8 Å². The van der Waals surface area contributed by atoms with E-state index in [4.69, 9.17) is 44.9 Å². The van der Waals surface area contributed by atoms with Crippen LogP contribution < -0.4 is 20.2 Å². The number of thiocarbonyl (C=S) groups is 1. The highest BCUT2D eigenvalue weighted by Crippen LogP contribution is 2.37. The van der Waals surface area contributed by atoms with Crippen molar-refractivity contribution in [2.24, 2.45) is 5.10 Å². The first-order valence-electron chi connectivity index (χ1n) is 7.95. The highest BCUT2D eigenvalue weighted by atomic mass is 79.9. The van der Waals surface area contributed by atoms with Gasteiger partial charge in [0.2, 0.25) is 0 Å². The van der Waals surface area contributed by atoms with E-state index in [9.17, 15) is 0 Å². The number of hydrogen-bond acceptors (Lipinski definition) is 4. The van der Waals surface area contributed by atoms with Crippen molar-refractivity contribution in [3.63, 3.8) is 0 Å². The maximum atomic E-state index is 6.04. The Morgan fingerprint density at radius 1 is 1.26 bits per heavy atom. The van der Waals surface area contributed by atoms with Crippen LogP contribution in [-0.4, -0.2) is 25.0 Å². The summed E-state index contributed by atoms with van der Waals surface area (Å²) in [7, 11) is 1.58. The van der Waals surface area contributed by atoms with Crippen LogP contribution in [-0.2, 0) is 6.61 Å². The zero-order chi connectivity index (χ0) is 19.8. The molecule has 144 valence electrons. The number of ether oxygens (including phenoxy) is 2. The van der Waals surface area contributed by atoms with E-state index in [1.165, 1.54) is 0 Å². The monoisotopic (exact) mass is 489 g/mol. The number of hydrazone groups is 1. The zero-order valence-corrected chi connectivity index (χ0v) is 18.6. The maximum absolute atomic E-state index is 6.04. The Morgan fingerprint density at radius 2 is 2.04 bits per heavy atom. The Labute approximate surface area is 182 Å². The van der Waals surface area contributed by atoms with Gasteiger partial charge < -0.3 is 14.8 Å². The fourth-order valence-corrected chi connectivity index (χ4v) is 3.20. The van der Waals surface area contributed by atoms with Crippen molar-refractivity contribution < 1.29 is 9.47 Å². The second kappa shape index (κ2) is 10.7. The lowest BCUT2D eigenvalue weighted by Crippen LogP contribution is -2.31. The molecule has 0 fully saturated rings. The second-order valence-electron chi connectivity index (χ2n) is 5.30. The lowest BCUT2D eigenvalue weighted by Gasteiger charge is -2.14. The van der Waals surface area contributed by atoms with Gasteiger partial charge in [-0.1, -0.05) is 29.3 Å². The largest absolute Gasteiger partial charge is 0.493 e. The molecular formula is C18H18BrCl2N3O2S. The molecule has 9 heteroatoms. The molecule has 0 aliphatic heterocycles. The molecule has 0 spiro atoms. The standard InChI is InChI=1S/C18H18BrCl2N3O2S/c1-3-22-18(27)24-23-9-12-6-13(19)17(16(8-12)25-2)26-10-11-4-5-14(20)15(21)7-11/h4-9H,3,10H2,1-2H3,(H2,22,24,27)/b23-9-. The van der Waals surface area contributed by atoms with Gasteiger partial charge in [-0.15, -0.1) is 0 Å². The van der Waals surface area contributed by atoms with Gasteiger partial charge in [0.25, 0.3) is 0 Å². The fourth-order valence-electron chi connectivity index (χ4n) is 2.10. The fraction of sp³-hybridized carbons (Fsp3) is 0.222. The van der Waals surface area contributed by atoms with Crippen LogP contribution in [0.25, 0.3) is 0 Å². The van der Waals surface area contributed by atoms with E-state index in [0.717, 1.165) is 22.1 Å². The van der Waals surface area contributed by atoms with Crippen LogP contribution >= 0.6 is 51.3 Å². The Hall–Kier alpha value is -1.54. The highest BCUT2D eigenvalue weighted by Gasteiger charge is 2.12. The molecule has 2 aromatic rings. The van der Waals surface area contributed by atoms with Crippen molar-refractivity contribution >= 4 is 62.7 Å². The number of nitrogens with one attached hydrogen (secondary N) is 2. The third kappa shape index (κ3) is 6.53. The summed E-state index contributed by atoms with van der Waals surface area (Å²) in [6, 6.07) is 9.04. The SMILES string of the molecule is CCNC(=S)N/N=C\c1cc(Br)c(OCc2ccc(Cl)c(Cl)c2)c(OC)c1. The smallest absolute Gasteiger partial charge is 0.186 e. The number of methoxy groups -OCH3 is 1. The van der Waals surface area contributed by atoms with Crippen LogP contribution in [0.3, 0.4) is 0 Å². The van der Waals surface area contributed by atoms with Crippen molar-refractivity contribution in [3.8, 4) is 11.5 Å². The van der Waals surface area contributed by atoms with Gasteiger partial charge in [0.1, 0.15) is 6.61 Å². The van der Waals surface area contributed by atoms with Crippen molar-refractivity contribution in [3.05, 3.63) is 56.0 Å². The molecule has 0 heterocycles. The molecule has 0 radical (unpaired) electrons. The van der Waals surface area contributed by atoms with Gasteiger partial charge in [-0.3, -0.25) is 5.43 Å². The predicted octanol–water partition coefficient (Wildman–Crippen LogP) is 5.16. The Morgan fingerprint density at radius 3 is 2.70 bits per heavy atom. The molecule has 27 heavy (non-hydrogen) atoms. The average molecular weight is 491 g/mol. The molecular weight excluding hydrogens is 473 g/mol. The summed E-state index contributed by atoms with van der Waals surface area (Å²) >= 11 is 20.5. The van der Waals surface area contributed by atoms with Gasteiger partial charge in [0.05, 0.1) is 27.8 Å². The molecule has 0 atom stereocenters. The minimum atomic E-state index is 0.317. The lowest BCUT2D eigenvalue weighted by atomic mass is 10.2. The maximum Gasteiger partial charge on any atom is 0.186 e. The molecule has 2 aromatic carbocycles. The van der Waals surface area contributed by atoms with E-state index >= 15 is 0 Å². The van der Waals surface area contributed by atoms with Crippen LogP contribution in [0, 0.1) is 0 Å². The minimum absolute atomic E-state index is 0.317. The molecule has 0 saturated heterocycles. The number of rotatable bonds is 7. The molecule has 0 aromatic heterocycles. The second-order valence-corrected chi connectivity index (χ2v) is 7.38. The van der Waals surface area contributed by atoms with E-state index < -0.39 is 0 Å². The third-order valence-electron chi connectivity index (χ3n) is 3.34. The normalized spacial score (nSPS) is 10.7. The van der Waals surface area contributed by atoms with Crippen LogP contribution in [0.1, 0.15) is 18.1 Å². The summed E-state index contributed by atoms with van der Waals surface area (Å²) < 4.78 is 12.1. The molecule has 0 amide bonds. The number of halogens is 3. The van der Waals surface area contributed by atoms with Gasteiger partial charge >= 0.3 is 0 Å². The van der Waals surface area contributed by atoms with E-state index in [1.54, 1.807) is 25.5 Å². The van der Waals surface area contributed by atoms with Gasteiger partial charge in [-0.25, -0.2) is 0 Å². The first kappa shape index (κ1) is 21.8. The van der Waals surface area contributed by atoms with Crippen molar-refractivity contribution in [1.29, 1.82) is 0 Å². The first-order chi connectivity index (χ1) is 12.9. The van der Waals surface area contributed by atoms with Crippen LogP contribution in [0.5, 0.6) is 11.5 Å². The minimum Gasteiger partial charge on any atom is -0.493 e. The molecule has 0 unspecified atom stereocenters. The summed E-state index contributed by atoms with van der Waals surface area (Å²) in [5, 5.41) is 8.49. The van der Waals surface area contributed by atoms with E-state index in [0.29, 0.717) is 33.3 Å². The zero-order valence-electron chi connectivity index (χ0n) is 14.7. The number of benzene rings is 2. The summed E-state index contributed by atoms with van der Waals surface area (Å²) in [5.74, 6) is 1.15. The van der Waals surface area contributed by atoms with Crippen LogP contribution in [0.2, 0.25) is 10.0 Å². The Bertz CT molecular complexity index is 850. The molecule has 2 N–H and O–H groups in total. The summed E-state index contributed by atoms with van der Waals surface area (Å²) in [5.41, 5.74) is 4.45. The van der Waals surface area contributed by atoms with Gasteiger partial charge in [-0.2, -0.15) is 5.10 Å². The molecule has 5 nitrogen and oxygen atoms in total. The molecule has 0 aliphatic carbocycles. The number of hydrogen-bond donors (Lipinski definition) is 2. The molecule has 2 rings (SSSR count). The van der Waals surface area contributed by atoms with Crippen molar-refractivity contribution in [2.45, 2.75) is 13.5 Å². The van der Waals surface area contributed by atoms with E-state index in [-0.39, 0.29) is 0 Å². The Balaban J connectivity index is 2.11. The summed E-state index contributed by atoms with van der Waals surface area (Å²) in [6.07, 6.45) is 1.64. The summed E-state index contributed by atoms with van der Waals surface area (Å²) in [6.45, 7) is 3.00. The van der Waals surface area contributed by atoms with E-state index in [1.807, 2.05) is 25.1 Å². The molecule has 0 aliphatic rings. The molecule has 0 saturated carbocycles. The third-order valence-corrected chi connectivity index (χ3v) is 4.90. The van der Waals surface area contributed by atoms with Gasteiger partial charge in [-0.05, 0) is 70.5 Å². The summed E-state index contributed by atoms with van der Waals surface area (Å²) in [4.78, 5) is 0. The van der Waals surface area contributed by atoms with Crippen molar-refractivity contribution in [1.82, 2.24) is 10.7 Å². The first-order valence-corrected chi connectivity index (χ1v) is 9.91. The average Bonchev–Trinajstić information content (AvgIpc) is 2.63. The molecule has 0 bridgehead atoms. The van der Waals surface area contributed by atoms with Crippen LogP contribution in [0.4, 0.5) is 0 Å². The predicted molar refractivity (Wildman–Crippen MR) is 118 cm³/mol. The Kier molecular flexibility index (Phi) is 8.63. The quantitative estimate of drug-likeness (QED) is 0.319. The lowest BCUT2D eigenvalue weighted by molar-refractivity contribution is 0.282. The van der Waals surface area contributed by atoms with Gasteiger partial charge in [0.15, 0.2) is 16.6 Å². The number of nitrogens with zero attached hydrogens (tertiary/aromatic N) is 1. The van der Waals surface area contributed by atoms with Gasteiger partial charge in [0, 0.05) is 6.54 Å². The van der Waals surface area contributed by atoms with Crippen molar-refractivity contribution in [2.75, 3.05) is 13.7 Å².